The van der Waals surface area contributed by atoms with Crippen LogP contribution in [0.2, 0.25) is 0 Å². The predicted molar refractivity (Wildman–Crippen MR) is 70.3 cm³/mol. The van der Waals surface area contributed by atoms with E-state index in [1.807, 2.05) is 6.92 Å². The minimum Gasteiger partial charge on any atom is -0.479 e. The summed E-state index contributed by atoms with van der Waals surface area (Å²) >= 11 is 0. The Morgan fingerprint density at radius 1 is 1.28 bits per heavy atom. The molecule has 1 aliphatic carbocycles. The average molecular weight is 255 g/mol. The third kappa shape index (κ3) is 3.03. The Morgan fingerprint density at radius 3 is 2.44 bits per heavy atom. The van der Waals surface area contributed by atoms with Gasteiger partial charge >= 0.3 is 5.97 Å². The summed E-state index contributed by atoms with van der Waals surface area (Å²) in [5.74, 6) is -0.847. The lowest BCUT2D eigenvalue weighted by atomic mass is 9.83. The molecule has 1 rings (SSSR count). The second-order valence-corrected chi connectivity index (χ2v) is 6.15. The van der Waals surface area contributed by atoms with Gasteiger partial charge in [-0.1, -0.05) is 20.8 Å². The zero-order valence-corrected chi connectivity index (χ0v) is 11.7. The summed E-state index contributed by atoms with van der Waals surface area (Å²) in [5, 5.41) is 9.61. The van der Waals surface area contributed by atoms with Gasteiger partial charge in [0, 0.05) is 6.54 Å². The fourth-order valence-corrected chi connectivity index (χ4v) is 2.89. The highest BCUT2D eigenvalue weighted by molar-refractivity contribution is 5.81. The maximum Gasteiger partial charge on any atom is 0.329 e. The van der Waals surface area contributed by atoms with Gasteiger partial charge in [0.2, 0.25) is 6.41 Å². The van der Waals surface area contributed by atoms with Gasteiger partial charge in [0.1, 0.15) is 5.54 Å². The molecule has 1 unspecified atom stereocenters. The number of hydrogen-bond donors (Lipinski definition) is 1. The molecule has 18 heavy (non-hydrogen) atoms. The number of carbonyl (C=O) groups excluding carboxylic acids is 1. The number of amides is 1. The molecule has 0 saturated heterocycles. The summed E-state index contributed by atoms with van der Waals surface area (Å²) in [6.07, 6.45) is 5.40. The average Bonchev–Trinajstić information content (AvgIpc) is 2.45. The van der Waals surface area contributed by atoms with Crippen molar-refractivity contribution in [3.8, 4) is 0 Å². The molecule has 0 heterocycles. The summed E-state index contributed by atoms with van der Waals surface area (Å²) in [5.41, 5.74) is -0.802. The van der Waals surface area contributed by atoms with Gasteiger partial charge in [-0.25, -0.2) is 4.79 Å². The molecule has 4 heteroatoms. The highest BCUT2D eigenvalue weighted by Gasteiger charge is 2.45. The van der Waals surface area contributed by atoms with Crippen molar-refractivity contribution in [3.05, 3.63) is 0 Å². The Kier molecular flexibility index (Phi) is 4.77. The van der Waals surface area contributed by atoms with E-state index in [0.29, 0.717) is 19.4 Å². The van der Waals surface area contributed by atoms with Crippen LogP contribution in [-0.2, 0) is 9.59 Å². The Bertz CT molecular complexity index is 314. The number of carbonyl (C=O) groups is 2. The molecule has 4 nitrogen and oxygen atoms in total. The minimum atomic E-state index is -0.981. The highest BCUT2D eigenvalue weighted by Crippen LogP contribution is 2.40. The van der Waals surface area contributed by atoms with Crippen LogP contribution in [0, 0.1) is 5.41 Å². The van der Waals surface area contributed by atoms with Crippen LogP contribution in [0.15, 0.2) is 0 Å². The lowest BCUT2D eigenvalue weighted by Gasteiger charge is -2.38. The van der Waals surface area contributed by atoms with E-state index in [2.05, 4.69) is 13.8 Å². The summed E-state index contributed by atoms with van der Waals surface area (Å²) in [6, 6.07) is 0. The maximum atomic E-state index is 11.7. The van der Waals surface area contributed by atoms with Crippen LogP contribution in [0.1, 0.15) is 59.3 Å². The molecule has 1 atom stereocenters. The van der Waals surface area contributed by atoms with Crippen LogP contribution in [0.25, 0.3) is 0 Å². The third-order valence-electron chi connectivity index (χ3n) is 4.20. The van der Waals surface area contributed by atoms with Crippen molar-refractivity contribution >= 4 is 12.4 Å². The number of nitrogens with zero attached hydrogens (tertiary/aromatic N) is 1. The molecule has 0 aromatic rings. The number of aliphatic carboxylic acids is 1. The molecule has 0 aromatic heterocycles. The molecule has 1 fully saturated rings. The first-order chi connectivity index (χ1) is 8.38. The van der Waals surface area contributed by atoms with E-state index >= 15 is 0 Å². The fraction of sp³-hybridized carbons (Fsp3) is 0.857. The summed E-state index contributed by atoms with van der Waals surface area (Å²) in [4.78, 5) is 24.5. The molecular weight excluding hydrogens is 230 g/mol. The van der Waals surface area contributed by atoms with E-state index < -0.39 is 11.5 Å². The molecule has 1 saturated carbocycles. The summed E-state index contributed by atoms with van der Waals surface area (Å²) in [6.45, 7) is 6.84. The smallest absolute Gasteiger partial charge is 0.329 e. The van der Waals surface area contributed by atoms with Crippen molar-refractivity contribution in [1.82, 2.24) is 4.90 Å². The van der Waals surface area contributed by atoms with Crippen LogP contribution in [-0.4, -0.2) is 34.5 Å². The molecular formula is C14H25NO3. The van der Waals surface area contributed by atoms with Crippen LogP contribution < -0.4 is 0 Å². The number of rotatable bonds is 5. The first-order valence-corrected chi connectivity index (χ1v) is 6.83. The molecule has 104 valence electrons. The number of hydrogen-bond acceptors (Lipinski definition) is 2. The molecule has 1 amide bonds. The SMILES string of the molecule is CCCN(C=O)C1(C(=O)O)CCCC(C)(C)CC1. The Hall–Kier alpha value is -1.06. The third-order valence-corrected chi connectivity index (χ3v) is 4.20. The Balaban J connectivity index is 2.99. The van der Waals surface area contributed by atoms with Gasteiger partial charge in [0.15, 0.2) is 0 Å². The van der Waals surface area contributed by atoms with Gasteiger partial charge in [-0.3, -0.25) is 4.79 Å². The topological polar surface area (TPSA) is 57.6 Å². The van der Waals surface area contributed by atoms with E-state index in [1.165, 1.54) is 4.90 Å². The van der Waals surface area contributed by atoms with Crippen LogP contribution in [0.4, 0.5) is 0 Å². The van der Waals surface area contributed by atoms with Crippen LogP contribution >= 0.6 is 0 Å². The normalized spacial score (nSPS) is 27.3. The lowest BCUT2D eigenvalue weighted by Crippen LogP contribution is -2.54. The second kappa shape index (κ2) is 5.72. The van der Waals surface area contributed by atoms with Crippen molar-refractivity contribution in [2.45, 2.75) is 64.8 Å². The van der Waals surface area contributed by atoms with Crippen molar-refractivity contribution < 1.29 is 14.7 Å². The summed E-state index contributed by atoms with van der Waals surface area (Å²) in [7, 11) is 0. The van der Waals surface area contributed by atoms with Crippen molar-refractivity contribution in [3.63, 3.8) is 0 Å². The second-order valence-electron chi connectivity index (χ2n) is 6.15. The van der Waals surface area contributed by atoms with Crippen molar-refractivity contribution in [2.24, 2.45) is 5.41 Å². The van der Waals surface area contributed by atoms with E-state index in [0.717, 1.165) is 32.1 Å². The van der Waals surface area contributed by atoms with E-state index in [-0.39, 0.29) is 5.41 Å². The van der Waals surface area contributed by atoms with Gasteiger partial charge in [-0.05, 0) is 43.9 Å². The quantitative estimate of drug-likeness (QED) is 0.607. The monoisotopic (exact) mass is 255 g/mol. The first-order valence-electron chi connectivity index (χ1n) is 6.83. The van der Waals surface area contributed by atoms with Gasteiger partial charge in [0.25, 0.3) is 0 Å². The summed E-state index contributed by atoms with van der Waals surface area (Å²) < 4.78 is 0. The Labute approximate surface area is 109 Å². The van der Waals surface area contributed by atoms with Gasteiger partial charge in [0.05, 0.1) is 0 Å². The molecule has 1 aliphatic rings. The Morgan fingerprint density at radius 2 is 1.94 bits per heavy atom. The van der Waals surface area contributed by atoms with Crippen LogP contribution in [0.3, 0.4) is 0 Å². The minimum absolute atomic E-state index is 0.179. The van der Waals surface area contributed by atoms with Crippen LogP contribution in [0.5, 0.6) is 0 Å². The molecule has 0 radical (unpaired) electrons. The molecule has 0 bridgehead atoms. The zero-order chi connectivity index (χ0) is 13.8. The van der Waals surface area contributed by atoms with Gasteiger partial charge in [-0.2, -0.15) is 0 Å². The molecule has 1 N–H and O–H groups in total. The number of carboxylic acid groups (broad SMARTS) is 1. The zero-order valence-electron chi connectivity index (χ0n) is 11.7. The lowest BCUT2D eigenvalue weighted by molar-refractivity contribution is -0.156. The predicted octanol–water partition coefficient (Wildman–Crippen LogP) is 2.67. The first kappa shape index (κ1) is 15.0. The standard InChI is InChI=1S/C14H25NO3/c1-4-10-15(11-16)14(12(17)18)7-5-6-13(2,3)8-9-14/h11H,4-10H2,1-3H3,(H,17,18). The maximum absolute atomic E-state index is 11.7. The van der Waals surface area contributed by atoms with Crippen molar-refractivity contribution in [2.75, 3.05) is 6.54 Å². The largest absolute Gasteiger partial charge is 0.479 e. The molecule has 0 spiro atoms. The molecule has 0 aliphatic heterocycles. The van der Waals surface area contributed by atoms with Gasteiger partial charge in [-0.15, -0.1) is 0 Å². The van der Waals surface area contributed by atoms with Gasteiger partial charge < -0.3 is 10.0 Å². The fourth-order valence-electron chi connectivity index (χ4n) is 2.89. The van der Waals surface area contributed by atoms with E-state index in [4.69, 9.17) is 0 Å². The van der Waals surface area contributed by atoms with Crippen molar-refractivity contribution in [1.29, 1.82) is 0 Å². The number of carboxylic acids is 1. The van der Waals surface area contributed by atoms with E-state index in [9.17, 15) is 14.7 Å². The highest BCUT2D eigenvalue weighted by atomic mass is 16.4. The molecule has 0 aromatic carbocycles. The van der Waals surface area contributed by atoms with E-state index in [1.54, 1.807) is 0 Å².